The number of hydrogen-bond donors (Lipinski definition) is 1. The molecule has 0 aliphatic heterocycles. The number of phenols is 1. The number of hydrogen-bond acceptors (Lipinski definition) is 5. The first kappa shape index (κ1) is 12.0. The Bertz CT molecular complexity index is 401. The fourth-order valence-corrected chi connectivity index (χ4v) is 1.15. The molecule has 1 aromatic carbocycles. The van der Waals surface area contributed by atoms with Gasteiger partial charge >= 0.3 is 5.97 Å². The minimum Gasteiger partial charge on any atom is -0.507 e. The lowest BCUT2D eigenvalue weighted by Crippen LogP contribution is -2.13. The van der Waals surface area contributed by atoms with Crippen LogP contribution >= 0.6 is 0 Å². The van der Waals surface area contributed by atoms with Crippen LogP contribution in [0.5, 0.6) is 5.75 Å². The average molecular weight is 223 g/mol. The summed E-state index contributed by atoms with van der Waals surface area (Å²) in [4.78, 5) is 15.3. The van der Waals surface area contributed by atoms with Crippen molar-refractivity contribution < 1.29 is 19.5 Å². The van der Waals surface area contributed by atoms with E-state index in [0.29, 0.717) is 11.3 Å². The van der Waals surface area contributed by atoms with Crippen molar-refractivity contribution in [1.29, 1.82) is 0 Å². The van der Waals surface area contributed by atoms with Crippen LogP contribution < -0.4 is 0 Å². The van der Waals surface area contributed by atoms with E-state index in [1.165, 1.54) is 20.1 Å². The Morgan fingerprint density at radius 2 is 2.12 bits per heavy atom. The van der Waals surface area contributed by atoms with Gasteiger partial charge in [0.2, 0.25) is 0 Å². The van der Waals surface area contributed by atoms with Gasteiger partial charge in [-0.1, -0.05) is 17.3 Å². The standard InChI is InChI=1S/C11H13NO4/c1-8(13)16-7-10(12-15-2)9-5-3-4-6-11(9)14/h3-6,14H,7H2,1-2H3. The van der Waals surface area contributed by atoms with Crippen molar-refractivity contribution in [2.75, 3.05) is 13.7 Å². The molecular formula is C11H13NO4. The third-order valence-electron chi connectivity index (χ3n) is 1.83. The molecule has 0 heterocycles. The highest BCUT2D eigenvalue weighted by atomic mass is 16.6. The smallest absolute Gasteiger partial charge is 0.303 e. The van der Waals surface area contributed by atoms with Crippen molar-refractivity contribution in [2.24, 2.45) is 5.16 Å². The molecule has 0 unspecified atom stereocenters. The normalized spacial score (nSPS) is 11.0. The number of oxime groups is 1. The fraction of sp³-hybridized carbons (Fsp3) is 0.273. The van der Waals surface area contributed by atoms with Crippen LogP contribution in [0.3, 0.4) is 0 Å². The van der Waals surface area contributed by atoms with Gasteiger partial charge in [0, 0.05) is 12.5 Å². The highest BCUT2D eigenvalue weighted by Crippen LogP contribution is 2.17. The highest BCUT2D eigenvalue weighted by Gasteiger charge is 2.10. The molecule has 0 aromatic heterocycles. The van der Waals surface area contributed by atoms with Crippen molar-refractivity contribution in [3.63, 3.8) is 0 Å². The van der Waals surface area contributed by atoms with Crippen molar-refractivity contribution in [1.82, 2.24) is 0 Å². The van der Waals surface area contributed by atoms with Crippen molar-refractivity contribution in [3.8, 4) is 5.75 Å². The summed E-state index contributed by atoms with van der Waals surface area (Å²) in [6.45, 7) is 1.26. The summed E-state index contributed by atoms with van der Waals surface area (Å²) in [5.41, 5.74) is 0.835. The van der Waals surface area contributed by atoms with Crippen LogP contribution in [0.4, 0.5) is 0 Å². The van der Waals surface area contributed by atoms with Gasteiger partial charge < -0.3 is 14.7 Å². The summed E-state index contributed by atoms with van der Waals surface area (Å²) < 4.78 is 4.81. The van der Waals surface area contributed by atoms with Gasteiger partial charge in [-0.15, -0.1) is 0 Å². The van der Waals surface area contributed by atoms with Gasteiger partial charge in [-0.2, -0.15) is 0 Å². The van der Waals surface area contributed by atoms with Crippen LogP contribution in [-0.2, 0) is 14.4 Å². The van der Waals surface area contributed by atoms with Crippen LogP contribution in [0.15, 0.2) is 29.4 Å². The molecule has 0 bridgehead atoms. The number of ether oxygens (including phenoxy) is 1. The number of para-hydroxylation sites is 1. The Morgan fingerprint density at radius 1 is 1.44 bits per heavy atom. The van der Waals surface area contributed by atoms with E-state index in [2.05, 4.69) is 9.99 Å². The summed E-state index contributed by atoms with van der Waals surface area (Å²) >= 11 is 0. The van der Waals surface area contributed by atoms with Crippen LogP contribution in [0.25, 0.3) is 0 Å². The topological polar surface area (TPSA) is 68.1 Å². The van der Waals surface area contributed by atoms with Gasteiger partial charge in [-0.05, 0) is 12.1 Å². The lowest BCUT2D eigenvalue weighted by atomic mass is 10.1. The summed E-state index contributed by atoms with van der Waals surface area (Å²) in [6, 6.07) is 6.62. The van der Waals surface area contributed by atoms with Crippen molar-refractivity contribution >= 4 is 11.7 Å². The highest BCUT2D eigenvalue weighted by molar-refractivity contribution is 6.03. The fourth-order valence-electron chi connectivity index (χ4n) is 1.15. The zero-order valence-corrected chi connectivity index (χ0v) is 9.14. The lowest BCUT2D eigenvalue weighted by molar-refractivity contribution is -0.139. The molecule has 0 saturated carbocycles. The number of benzene rings is 1. The SMILES string of the molecule is CON=C(COC(C)=O)c1ccccc1O. The number of aromatic hydroxyl groups is 1. The molecule has 0 radical (unpaired) electrons. The van der Waals surface area contributed by atoms with Gasteiger partial charge in [0.1, 0.15) is 25.2 Å². The maximum absolute atomic E-state index is 10.7. The molecule has 0 spiro atoms. The zero-order chi connectivity index (χ0) is 12.0. The predicted octanol–water partition coefficient (Wildman–Crippen LogP) is 1.31. The monoisotopic (exact) mass is 223 g/mol. The Morgan fingerprint density at radius 3 is 2.69 bits per heavy atom. The minimum atomic E-state index is -0.417. The first-order chi connectivity index (χ1) is 7.65. The summed E-state index contributed by atoms with van der Waals surface area (Å²) in [6.07, 6.45) is 0. The van der Waals surface area contributed by atoms with Crippen LogP contribution in [0, 0.1) is 0 Å². The van der Waals surface area contributed by atoms with E-state index >= 15 is 0 Å². The third-order valence-corrected chi connectivity index (χ3v) is 1.83. The van der Waals surface area contributed by atoms with Gasteiger partial charge in [0.25, 0.3) is 0 Å². The van der Waals surface area contributed by atoms with E-state index in [0.717, 1.165) is 0 Å². The maximum atomic E-state index is 10.7. The zero-order valence-electron chi connectivity index (χ0n) is 9.14. The number of carbonyl (C=O) groups is 1. The van der Waals surface area contributed by atoms with Crippen LogP contribution in [0.2, 0.25) is 0 Å². The minimum absolute atomic E-state index is 0.0409. The Labute approximate surface area is 93.3 Å². The summed E-state index contributed by atoms with van der Waals surface area (Å²) in [5, 5.41) is 13.3. The van der Waals surface area contributed by atoms with E-state index in [4.69, 9.17) is 4.74 Å². The molecule has 0 aliphatic rings. The molecule has 1 aromatic rings. The van der Waals surface area contributed by atoms with E-state index < -0.39 is 5.97 Å². The average Bonchev–Trinajstić information content (AvgIpc) is 2.25. The second kappa shape index (κ2) is 5.75. The number of esters is 1. The van der Waals surface area contributed by atoms with E-state index in [1.54, 1.807) is 18.2 Å². The summed E-state index contributed by atoms with van der Waals surface area (Å²) in [5.74, 6) is -0.357. The molecule has 0 atom stereocenters. The molecule has 5 heteroatoms. The second-order valence-corrected chi connectivity index (χ2v) is 3.02. The van der Waals surface area contributed by atoms with Crippen LogP contribution in [0.1, 0.15) is 12.5 Å². The van der Waals surface area contributed by atoms with Crippen molar-refractivity contribution in [2.45, 2.75) is 6.92 Å². The molecular weight excluding hydrogens is 210 g/mol. The van der Waals surface area contributed by atoms with Gasteiger partial charge in [-0.3, -0.25) is 4.79 Å². The molecule has 16 heavy (non-hydrogen) atoms. The number of nitrogens with zero attached hydrogens (tertiary/aromatic N) is 1. The van der Waals surface area contributed by atoms with E-state index in [-0.39, 0.29) is 12.4 Å². The van der Waals surface area contributed by atoms with Gasteiger partial charge in [0.15, 0.2) is 0 Å². The molecule has 1 rings (SSSR count). The Kier molecular flexibility index (Phi) is 4.32. The summed E-state index contributed by atoms with van der Waals surface area (Å²) in [7, 11) is 1.38. The number of carbonyl (C=O) groups excluding carboxylic acids is 1. The predicted molar refractivity (Wildman–Crippen MR) is 58.3 cm³/mol. The van der Waals surface area contributed by atoms with E-state index in [9.17, 15) is 9.90 Å². The van der Waals surface area contributed by atoms with E-state index in [1.807, 2.05) is 0 Å². The van der Waals surface area contributed by atoms with Crippen LogP contribution in [-0.4, -0.2) is 30.5 Å². The largest absolute Gasteiger partial charge is 0.507 e. The molecule has 0 aliphatic carbocycles. The second-order valence-electron chi connectivity index (χ2n) is 3.02. The third kappa shape index (κ3) is 3.27. The first-order valence-electron chi connectivity index (χ1n) is 4.67. The molecule has 86 valence electrons. The molecule has 1 N–H and O–H groups in total. The van der Waals surface area contributed by atoms with Crippen molar-refractivity contribution in [3.05, 3.63) is 29.8 Å². The lowest BCUT2D eigenvalue weighted by Gasteiger charge is -2.07. The Balaban J connectivity index is 2.90. The number of rotatable bonds is 4. The molecule has 5 nitrogen and oxygen atoms in total. The Hall–Kier alpha value is -2.04. The maximum Gasteiger partial charge on any atom is 0.303 e. The number of phenolic OH excluding ortho intramolecular Hbond substituents is 1. The molecule has 0 amide bonds. The molecule has 0 fully saturated rings. The molecule has 0 saturated heterocycles. The first-order valence-corrected chi connectivity index (χ1v) is 4.67. The van der Waals surface area contributed by atoms with Gasteiger partial charge in [-0.25, -0.2) is 0 Å². The van der Waals surface area contributed by atoms with Gasteiger partial charge in [0.05, 0.1) is 0 Å². The quantitative estimate of drug-likeness (QED) is 0.474.